The fourth-order valence-corrected chi connectivity index (χ4v) is 2.11. The lowest BCUT2D eigenvalue weighted by Gasteiger charge is -2.13. The van der Waals surface area contributed by atoms with Gasteiger partial charge in [-0.15, -0.1) is 0 Å². The zero-order valence-corrected chi connectivity index (χ0v) is 11.6. The van der Waals surface area contributed by atoms with Gasteiger partial charge in [-0.3, -0.25) is 9.59 Å². The average molecular weight is 289 g/mol. The van der Waals surface area contributed by atoms with Crippen LogP contribution in [-0.2, 0) is 25.4 Å². The van der Waals surface area contributed by atoms with Crippen molar-refractivity contribution in [2.45, 2.75) is 19.1 Å². The van der Waals surface area contributed by atoms with Crippen molar-refractivity contribution in [3.05, 3.63) is 34.9 Å². The molecule has 1 aromatic rings. The molecule has 6 heteroatoms. The molecular weight excluding hydrogens is 274 g/mol. The first-order valence-electron chi connectivity index (χ1n) is 6.50. The van der Waals surface area contributed by atoms with Gasteiger partial charge in [-0.2, -0.15) is 5.26 Å². The Morgan fingerprint density at radius 3 is 2.71 bits per heavy atom. The van der Waals surface area contributed by atoms with Crippen molar-refractivity contribution in [3.63, 3.8) is 0 Å². The van der Waals surface area contributed by atoms with E-state index in [1.54, 1.807) is 18.2 Å². The van der Waals surface area contributed by atoms with Crippen LogP contribution in [0.5, 0.6) is 0 Å². The van der Waals surface area contributed by atoms with E-state index in [0.717, 1.165) is 0 Å². The summed E-state index contributed by atoms with van der Waals surface area (Å²) in [5.41, 5.74) is 1.46. The third-order valence-electron chi connectivity index (χ3n) is 3.14. The first-order chi connectivity index (χ1) is 10.1. The number of ether oxygens (including phenoxy) is 3. The van der Waals surface area contributed by atoms with Gasteiger partial charge in [-0.05, 0) is 23.8 Å². The molecule has 110 valence electrons. The van der Waals surface area contributed by atoms with E-state index in [0.29, 0.717) is 36.3 Å². The molecule has 0 amide bonds. The molecule has 0 spiro atoms. The highest BCUT2D eigenvalue weighted by atomic mass is 16.7. The predicted molar refractivity (Wildman–Crippen MR) is 71.5 cm³/mol. The van der Waals surface area contributed by atoms with Crippen LogP contribution >= 0.6 is 0 Å². The van der Waals surface area contributed by atoms with E-state index < -0.39 is 12.3 Å². The number of carbonyl (C=O) groups is 2. The van der Waals surface area contributed by atoms with Gasteiger partial charge >= 0.3 is 5.97 Å². The Morgan fingerprint density at radius 2 is 2.10 bits per heavy atom. The van der Waals surface area contributed by atoms with Crippen molar-refractivity contribution in [1.82, 2.24) is 0 Å². The molecule has 0 bridgehead atoms. The number of benzene rings is 1. The van der Waals surface area contributed by atoms with E-state index in [1.165, 1.54) is 7.11 Å². The number of hydrogen-bond acceptors (Lipinski definition) is 6. The highest BCUT2D eigenvalue weighted by Crippen LogP contribution is 2.19. The first kappa shape index (κ1) is 15.2. The molecule has 0 aromatic heterocycles. The summed E-state index contributed by atoms with van der Waals surface area (Å²) in [6, 6.07) is 6.74. The molecule has 1 aromatic carbocycles. The van der Waals surface area contributed by atoms with Gasteiger partial charge in [-0.25, -0.2) is 0 Å². The van der Waals surface area contributed by atoms with Gasteiger partial charge in [0.15, 0.2) is 12.1 Å². The van der Waals surface area contributed by atoms with E-state index in [9.17, 15) is 9.59 Å². The Morgan fingerprint density at radius 1 is 1.38 bits per heavy atom. The Hall–Kier alpha value is -2.23. The summed E-state index contributed by atoms with van der Waals surface area (Å²) in [5.74, 6) is -0.942. The number of Topliss-reactive ketones (excluding diaryl/α,β-unsaturated/α-hetero) is 1. The van der Waals surface area contributed by atoms with E-state index in [4.69, 9.17) is 14.7 Å². The second-order valence-corrected chi connectivity index (χ2v) is 4.54. The maximum Gasteiger partial charge on any atom is 0.313 e. The second kappa shape index (κ2) is 6.97. The zero-order valence-electron chi connectivity index (χ0n) is 11.6. The summed E-state index contributed by atoms with van der Waals surface area (Å²) in [6.07, 6.45) is -0.400. The molecule has 1 aliphatic heterocycles. The number of carbonyl (C=O) groups excluding carboxylic acids is 2. The van der Waals surface area contributed by atoms with E-state index >= 15 is 0 Å². The number of esters is 1. The third kappa shape index (κ3) is 3.88. The number of hydrogen-bond donors (Lipinski definition) is 0. The van der Waals surface area contributed by atoms with Crippen molar-refractivity contribution >= 4 is 11.8 Å². The fraction of sp³-hybridized carbons (Fsp3) is 0.400. The van der Waals surface area contributed by atoms with Gasteiger partial charge in [-0.1, -0.05) is 0 Å². The quantitative estimate of drug-likeness (QED) is 0.460. The highest BCUT2D eigenvalue weighted by molar-refractivity contribution is 6.06. The van der Waals surface area contributed by atoms with Crippen LogP contribution in [0.1, 0.15) is 27.9 Å². The maximum atomic E-state index is 12.1. The minimum absolute atomic E-state index is 0.332. The van der Waals surface area contributed by atoms with Gasteiger partial charge in [0, 0.05) is 12.0 Å². The molecule has 2 rings (SSSR count). The normalized spacial score (nSPS) is 14.7. The Bertz CT molecular complexity index is 584. The van der Waals surface area contributed by atoms with Crippen molar-refractivity contribution in [2.24, 2.45) is 0 Å². The summed E-state index contributed by atoms with van der Waals surface area (Å²) in [6.45, 7) is 1.02. The monoisotopic (exact) mass is 289 g/mol. The predicted octanol–water partition coefficient (Wildman–Crippen LogP) is 1.22. The van der Waals surface area contributed by atoms with Gasteiger partial charge < -0.3 is 14.2 Å². The standard InChI is InChI=1S/C15H15NO5/c1-19-14(18)8-13(17)12-3-2-10(9-16)6-11(12)7-15-20-4-5-21-15/h2-3,6,15H,4-5,7-8H2,1H3. The number of nitrogens with zero attached hydrogens (tertiary/aromatic N) is 1. The second-order valence-electron chi connectivity index (χ2n) is 4.54. The van der Waals surface area contributed by atoms with Crippen molar-refractivity contribution in [1.29, 1.82) is 5.26 Å². The summed E-state index contributed by atoms with van der Waals surface area (Å²) < 4.78 is 15.2. The average Bonchev–Trinajstić information content (AvgIpc) is 2.99. The Balaban J connectivity index is 2.24. The van der Waals surface area contributed by atoms with Crippen LogP contribution in [-0.4, -0.2) is 38.4 Å². The van der Waals surface area contributed by atoms with Crippen molar-refractivity contribution < 1.29 is 23.8 Å². The summed E-state index contributed by atoms with van der Waals surface area (Å²) in [7, 11) is 1.23. The van der Waals surface area contributed by atoms with Crippen molar-refractivity contribution in [2.75, 3.05) is 20.3 Å². The molecule has 0 N–H and O–H groups in total. The molecular formula is C15H15NO5. The molecule has 1 fully saturated rings. The Labute approximate surface area is 122 Å². The molecule has 0 aliphatic carbocycles. The minimum Gasteiger partial charge on any atom is -0.469 e. The lowest BCUT2D eigenvalue weighted by atomic mass is 9.97. The molecule has 1 saturated heterocycles. The van der Waals surface area contributed by atoms with Crippen LogP contribution in [0.2, 0.25) is 0 Å². The van der Waals surface area contributed by atoms with E-state index in [1.807, 2.05) is 6.07 Å². The fourth-order valence-electron chi connectivity index (χ4n) is 2.11. The lowest BCUT2D eigenvalue weighted by molar-refractivity contribution is -0.139. The molecule has 6 nitrogen and oxygen atoms in total. The molecule has 0 atom stereocenters. The van der Waals surface area contributed by atoms with E-state index in [2.05, 4.69) is 4.74 Å². The van der Waals surface area contributed by atoms with Crippen LogP contribution in [0.3, 0.4) is 0 Å². The highest BCUT2D eigenvalue weighted by Gasteiger charge is 2.22. The van der Waals surface area contributed by atoms with Crippen LogP contribution in [0.15, 0.2) is 18.2 Å². The molecule has 0 radical (unpaired) electrons. The number of nitriles is 1. The number of rotatable bonds is 5. The van der Waals surface area contributed by atoms with Gasteiger partial charge in [0.05, 0.1) is 32.0 Å². The summed E-state index contributed by atoms with van der Waals surface area (Å²) >= 11 is 0. The van der Waals surface area contributed by atoms with Crippen LogP contribution in [0, 0.1) is 11.3 Å². The topological polar surface area (TPSA) is 85.6 Å². The van der Waals surface area contributed by atoms with E-state index in [-0.39, 0.29) is 12.2 Å². The first-order valence-corrected chi connectivity index (χ1v) is 6.50. The summed E-state index contributed by atoms with van der Waals surface area (Å²) in [4.78, 5) is 23.4. The molecule has 0 saturated carbocycles. The molecule has 0 unspecified atom stereocenters. The van der Waals surface area contributed by atoms with Crippen molar-refractivity contribution in [3.8, 4) is 6.07 Å². The third-order valence-corrected chi connectivity index (χ3v) is 3.14. The smallest absolute Gasteiger partial charge is 0.313 e. The number of ketones is 1. The lowest BCUT2D eigenvalue weighted by Crippen LogP contribution is -2.16. The number of methoxy groups -OCH3 is 1. The summed E-state index contributed by atoms with van der Waals surface area (Å²) in [5, 5.41) is 8.96. The zero-order chi connectivity index (χ0) is 15.2. The Kier molecular flexibility index (Phi) is 5.04. The van der Waals surface area contributed by atoms with Crippen LogP contribution in [0.25, 0.3) is 0 Å². The van der Waals surface area contributed by atoms with Gasteiger partial charge in [0.1, 0.15) is 6.42 Å². The minimum atomic E-state index is -0.594. The molecule has 1 heterocycles. The molecule has 1 aliphatic rings. The maximum absolute atomic E-state index is 12.1. The van der Waals surface area contributed by atoms with Crippen LogP contribution in [0.4, 0.5) is 0 Å². The molecule has 21 heavy (non-hydrogen) atoms. The largest absolute Gasteiger partial charge is 0.469 e. The SMILES string of the molecule is COC(=O)CC(=O)c1ccc(C#N)cc1CC1OCCO1. The van der Waals surface area contributed by atoms with Gasteiger partial charge in [0.25, 0.3) is 0 Å². The van der Waals surface area contributed by atoms with Crippen LogP contribution < -0.4 is 0 Å². The van der Waals surface area contributed by atoms with Gasteiger partial charge in [0.2, 0.25) is 0 Å².